The SMILES string of the molecule is Cc1ccc(NC(=O)c2coc(CN3CCN(CC(O)Cc4ccccc4)CC3)n2)cc1F. The van der Waals surface area contributed by atoms with Crippen LogP contribution in [0, 0.1) is 12.7 Å². The number of benzene rings is 2. The van der Waals surface area contributed by atoms with Gasteiger partial charge in [0.1, 0.15) is 12.1 Å². The number of carbonyl (C=O) groups excluding carboxylic acids is 1. The minimum Gasteiger partial charge on any atom is -0.447 e. The summed E-state index contributed by atoms with van der Waals surface area (Å²) in [7, 11) is 0. The summed E-state index contributed by atoms with van der Waals surface area (Å²) in [4.78, 5) is 21.2. The van der Waals surface area contributed by atoms with Gasteiger partial charge in [-0.05, 0) is 36.6 Å². The molecule has 1 aromatic heterocycles. The Labute approximate surface area is 192 Å². The Kier molecular flexibility index (Phi) is 7.49. The first-order valence-electron chi connectivity index (χ1n) is 11.1. The fraction of sp³-hybridized carbons (Fsp3) is 0.360. The summed E-state index contributed by atoms with van der Waals surface area (Å²) in [5.74, 6) is -0.348. The molecule has 3 aromatic rings. The molecule has 2 heterocycles. The van der Waals surface area contributed by atoms with Crippen molar-refractivity contribution in [3.05, 3.63) is 83.3 Å². The highest BCUT2D eigenvalue weighted by Gasteiger charge is 2.21. The third kappa shape index (κ3) is 6.47. The maximum Gasteiger partial charge on any atom is 0.277 e. The van der Waals surface area contributed by atoms with Crippen LogP contribution in [0.5, 0.6) is 0 Å². The molecule has 4 rings (SSSR count). The van der Waals surface area contributed by atoms with Crippen molar-refractivity contribution in [3.8, 4) is 0 Å². The molecule has 1 fully saturated rings. The van der Waals surface area contributed by atoms with Crippen molar-refractivity contribution in [1.82, 2.24) is 14.8 Å². The second kappa shape index (κ2) is 10.7. The number of hydrogen-bond donors (Lipinski definition) is 2. The van der Waals surface area contributed by atoms with Crippen LogP contribution < -0.4 is 5.32 Å². The van der Waals surface area contributed by atoms with E-state index in [1.165, 1.54) is 12.3 Å². The lowest BCUT2D eigenvalue weighted by Crippen LogP contribution is -2.48. The molecular formula is C25H29FN4O3. The van der Waals surface area contributed by atoms with Gasteiger partial charge in [-0.25, -0.2) is 9.37 Å². The second-order valence-corrected chi connectivity index (χ2v) is 8.46. The van der Waals surface area contributed by atoms with E-state index in [2.05, 4.69) is 20.1 Å². The molecule has 174 valence electrons. The predicted octanol–water partition coefficient (Wildman–Crippen LogP) is 3.10. The van der Waals surface area contributed by atoms with E-state index in [9.17, 15) is 14.3 Å². The molecule has 1 saturated heterocycles. The number of piperazine rings is 1. The van der Waals surface area contributed by atoms with Crippen LogP contribution in [-0.4, -0.2) is 64.6 Å². The zero-order valence-corrected chi connectivity index (χ0v) is 18.7. The van der Waals surface area contributed by atoms with Crippen LogP contribution in [0.4, 0.5) is 10.1 Å². The highest BCUT2D eigenvalue weighted by Crippen LogP contribution is 2.16. The number of halogens is 1. The van der Waals surface area contributed by atoms with Gasteiger partial charge in [0, 0.05) is 38.4 Å². The number of carbonyl (C=O) groups is 1. The van der Waals surface area contributed by atoms with Gasteiger partial charge in [0.25, 0.3) is 5.91 Å². The molecule has 2 N–H and O–H groups in total. The third-order valence-corrected chi connectivity index (χ3v) is 5.82. The van der Waals surface area contributed by atoms with Crippen LogP contribution in [0.25, 0.3) is 0 Å². The Morgan fingerprint density at radius 1 is 1.15 bits per heavy atom. The highest BCUT2D eigenvalue weighted by atomic mass is 19.1. The van der Waals surface area contributed by atoms with Crippen LogP contribution in [0.1, 0.15) is 27.5 Å². The summed E-state index contributed by atoms with van der Waals surface area (Å²) >= 11 is 0. The molecule has 0 saturated carbocycles. The molecule has 7 nitrogen and oxygen atoms in total. The zero-order chi connectivity index (χ0) is 23.2. The zero-order valence-electron chi connectivity index (χ0n) is 18.7. The monoisotopic (exact) mass is 452 g/mol. The number of aliphatic hydroxyl groups excluding tert-OH is 1. The Bertz CT molecular complexity index is 1060. The molecule has 0 bridgehead atoms. The molecule has 1 unspecified atom stereocenters. The van der Waals surface area contributed by atoms with Crippen LogP contribution in [0.2, 0.25) is 0 Å². The normalized spacial score (nSPS) is 16.0. The Morgan fingerprint density at radius 2 is 1.88 bits per heavy atom. The van der Waals surface area contributed by atoms with Gasteiger partial charge in [0.2, 0.25) is 5.89 Å². The fourth-order valence-corrected chi connectivity index (χ4v) is 3.92. The lowest BCUT2D eigenvalue weighted by atomic mass is 10.1. The van der Waals surface area contributed by atoms with Gasteiger partial charge in [-0.15, -0.1) is 0 Å². The average molecular weight is 453 g/mol. The average Bonchev–Trinajstić information content (AvgIpc) is 3.27. The van der Waals surface area contributed by atoms with E-state index < -0.39 is 12.0 Å². The molecule has 2 aromatic carbocycles. The predicted molar refractivity (Wildman–Crippen MR) is 123 cm³/mol. The Hall–Kier alpha value is -3.07. The number of nitrogens with one attached hydrogen (secondary N) is 1. The van der Waals surface area contributed by atoms with Gasteiger partial charge >= 0.3 is 0 Å². The third-order valence-electron chi connectivity index (χ3n) is 5.82. The molecule has 33 heavy (non-hydrogen) atoms. The van der Waals surface area contributed by atoms with Crippen molar-refractivity contribution < 1.29 is 18.7 Å². The second-order valence-electron chi connectivity index (χ2n) is 8.46. The van der Waals surface area contributed by atoms with E-state index in [1.54, 1.807) is 19.1 Å². The summed E-state index contributed by atoms with van der Waals surface area (Å²) in [5.41, 5.74) is 2.19. The van der Waals surface area contributed by atoms with E-state index in [-0.39, 0.29) is 11.5 Å². The van der Waals surface area contributed by atoms with E-state index in [1.807, 2.05) is 30.3 Å². The fourth-order valence-electron chi connectivity index (χ4n) is 3.92. The first-order valence-corrected chi connectivity index (χ1v) is 11.1. The summed E-state index contributed by atoms with van der Waals surface area (Å²) in [6, 6.07) is 14.6. The summed E-state index contributed by atoms with van der Waals surface area (Å²) in [6.45, 7) is 6.16. The number of rotatable bonds is 8. The van der Waals surface area contributed by atoms with Gasteiger partial charge in [0.05, 0.1) is 12.6 Å². The number of aliphatic hydroxyl groups is 1. The minimum absolute atomic E-state index is 0.161. The largest absolute Gasteiger partial charge is 0.447 e. The molecule has 1 amide bonds. The molecule has 8 heteroatoms. The van der Waals surface area contributed by atoms with Gasteiger partial charge in [-0.3, -0.25) is 14.6 Å². The van der Waals surface area contributed by atoms with Crippen LogP contribution in [0.3, 0.4) is 0 Å². The topological polar surface area (TPSA) is 81.8 Å². The number of oxazole rings is 1. The van der Waals surface area contributed by atoms with Gasteiger partial charge in [0.15, 0.2) is 5.69 Å². The Balaban J connectivity index is 1.22. The molecule has 0 radical (unpaired) electrons. The van der Waals surface area contributed by atoms with Crippen molar-refractivity contribution in [2.75, 3.05) is 38.0 Å². The number of anilines is 1. The van der Waals surface area contributed by atoms with Gasteiger partial charge in [-0.1, -0.05) is 36.4 Å². The van der Waals surface area contributed by atoms with Crippen LogP contribution in [-0.2, 0) is 13.0 Å². The van der Waals surface area contributed by atoms with Crippen molar-refractivity contribution in [2.45, 2.75) is 26.0 Å². The lowest BCUT2D eigenvalue weighted by molar-refractivity contribution is 0.0675. The smallest absolute Gasteiger partial charge is 0.277 e. The number of hydrogen-bond acceptors (Lipinski definition) is 6. The number of nitrogens with zero attached hydrogens (tertiary/aromatic N) is 3. The van der Waals surface area contributed by atoms with Crippen LogP contribution in [0.15, 0.2) is 59.2 Å². The highest BCUT2D eigenvalue weighted by molar-refractivity contribution is 6.02. The van der Waals surface area contributed by atoms with Crippen LogP contribution >= 0.6 is 0 Å². The van der Waals surface area contributed by atoms with Crippen molar-refractivity contribution in [1.29, 1.82) is 0 Å². The standard InChI is InChI=1S/C25H29FN4O3/c1-18-7-8-20(14-22(18)26)27-25(32)23-17-33-24(28-23)16-30-11-9-29(10-12-30)15-21(31)13-19-5-3-2-4-6-19/h2-8,14,17,21,31H,9-13,15-16H2,1H3,(H,27,32). The molecular weight excluding hydrogens is 423 g/mol. The molecule has 1 atom stereocenters. The molecule has 0 aliphatic carbocycles. The van der Waals surface area contributed by atoms with Gasteiger partial charge in [-0.2, -0.15) is 0 Å². The van der Waals surface area contributed by atoms with Gasteiger partial charge < -0.3 is 14.8 Å². The van der Waals surface area contributed by atoms with E-state index in [0.717, 1.165) is 31.7 Å². The number of β-amino-alcohol motifs (C(OH)–C–C–N with tert-alkyl or cyclic N) is 1. The number of aromatic nitrogens is 1. The summed E-state index contributed by atoms with van der Waals surface area (Å²) in [6.07, 6.45) is 1.58. The molecule has 1 aliphatic rings. The lowest BCUT2D eigenvalue weighted by Gasteiger charge is -2.35. The summed E-state index contributed by atoms with van der Waals surface area (Å²) < 4.78 is 19.2. The van der Waals surface area contributed by atoms with E-state index in [0.29, 0.717) is 36.7 Å². The Morgan fingerprint density at radius 3 is 2.61 bits per heavy atom. The molecule has 1 aliphatic heterocycles. The van der Waals surface area contributed by atoms with Crippen molar-refractivity contribution in [2.24, 2.45) is 0 Å². The van der Waals surface area contributed by atoms with Crippen molar-refractivity contribution >= 4 is 11.6 Å². The summed E-state index contributed by atoms with van der Waals surface area (Å²) in [5, 5.41) is 13.0. The molecule has 0 spiro atoms. The number of aryl methyl sites for hydroxylation is 1. The number of amides is 1. The minimum atomic E-state index is -0.439. The van der Waals surface area contributed by atoms with Crippen molar-refractivity contribution in [3.63, 3.8) is 0 Å². The van der Waals surface area contributed by atoms with E-state index >= 15 is 0 Å². The van der Waals surface area contributed by atoms with E-state index in [4.69, 9.17) is 4.42 Å². The maximum absolute atomic E-state index is 13.7. The first kappa shape index (κ1) is 23.1. The quantitative estimate of drug-likeness (QED) is 0.547. The maximum atomic E-state index is 13.7. The first-order chi connectivity index (χ1) is 16.0.